The number of benzene rings is 1. The van der Waals surface area contributed by atoms with Crippen LogP contribution in [-0.2, 0) is 10.0 Å². The van der Waals surface area contributed by atoms with Crippen LogP contribution in [0.25, 0.3) is 0 Å². The molecule has 96 valence electrons. The van der Waals surface area contributed by atoms with Gasteiger partial charge in [-0.3, -0.25) is 0 Å². The highest BCUT2D eigenvalue weighted by atomic mass is 32.2. The lowest BCUT2D eigenvalue weighted by atomic mass is 10.2. The van der Waals surface area contributed by atoms with Crippen LogP contribution in [0.5, 0.6) is 0 Å². The monoisotopic (exact) mass is 265 g/mol. The lowest BCUT2D eigenvalue weighted by molar-refractivity contribution is 0.350. The first-order chi connectivity index (χ1) is 8.47. The molecule has 2 N–H and O–H groups in total. The van der Waals surface area contributed by atoms with Crippen LogP contribution in [0.2, 0.25) is 0 Å². The Kier molecular flexibility index (Phi) is 3.44. The van der Waals surface area contributed by atoms with Crippen LogP contribution in [0, 0.1) is 11.8 Å². The van der Waals surface area contributed by atoms with E-state index in [1.807, 2.05) is 6.92 Å². The number of hydrogen-bond donors (Lipinski definition) is 2. The van der Waals surface area contributed by atoms with Crippen LogP contribution in [0.15, 0.2) is 29.2 Å². The van der Waals surface area contributed by atoms with Crippen molar-refractivity contribution in [1.82, 2.24) is 4.72 Å². The summed E-state index contributed by atoms with van der Waals surface area (Å²) in [6, 6.07) is 6.54. The number of hydrogen-bond acceptors (Lipinski definition) is 3. The Hall–Kier alpha value is -1.35. The molecular formula is C13H15NO3S. The smallest absolute Gasteiger partial charge is 0.242 e. The molecule has 0 unspecified atom stereocenters. The molecule has 0 amide bonds. The Morgan fingerprint density at radius 3 is 2.67 bits per heavy atom. The van der Waals surface area contributed by atoms with Crippen molar-refractivity contribution in [2.24, 2.45) is 0 Å². The van der Waals surface area contributed by atoms with Gasteiger partial charge in [0.1, 0.15) is 6.61 Å². The molecule has 1 aromatic carbocycles. The molecule has 0 saturated heterocycles. The van der Waals surface area contributed by atoms with Gasteiger partial charge in [-0.05, 0) is 31.9 Å². The average molecular weight is 265 g/mol. The minimum absolute atomic E-state index is 0.166. The third kappa shape index (κ3) is 2.91. The third-order valence-electron chi connectivity index (χ3n) is 2.86. The second-order valence-corrected chi connectivity index (χ2v) is 6.27. The van der Waals surface area contributed by atoms with E-state index in [1.165, 1.54) is 6.07 Å². The van der Waals surface area contributed by atoms with E-state index in [0.717, 1.165) is 12.8 Å². The number of sulfonamides is 1. The molecule has 1 aromatic rings. The van der Waals surface area contributed by atoms with Crippen molar-refractivity contribution >= 4 is 10.0 Å². The van der Waals surface area contributed by atoms with Gasteiger partial charge >= 0.3 is 0 Å². The molecule has 18 heavy (non-hydrogen) atoms. The van der Waals surface area contributed by atoms with Gasteiger partial charge in [-0.15, -0.1) is 0 Å². The standard InChI is InChI=1S/C13H15NO3S/c1-13(8-9-13)14-18(16,17)12-7-3-2-5-11(12)6-4-10-15/h2-3,5,7,14-15H,8-10H2,1H3. The van der Waals surface area contributed by atoms with Gasteiger partial charge in [-0.1, -0.05) is 24.0 Å². The predicted molar refractivity (Wildman–Crippen MR) is 68.4 cm³/mol. The van der Waals surface area contributed by atoms with E-state index in [-0.39, 0.29) is 17.0 Å². The van der Waals surface area contributed by atoms with Gasteiger partial charge in [-0.25, -0.2) is 13.1 Å². The third-order valence-corrected chi connectivity index (χ3v) is 4.56. The highest BCUT2D eigenvalue weighted by Crippen LogP contribution is 2.36. The Balaban J connectivity index is 2.37. The predicted octanol–water partition coefficient (Wildman–Crippen LogP) is 0.861. The molecule has 0 atom stereocenters. The lowest BCUT2D eigenvalue weighted by Gasteiger charge is -2.13. The quantitative estimate of drug-likeness (QED) is 0.797. The maximum Gasteiger partial charge on any atom is 0.242 e. The number of aliphatic hydroxyl groups is 1. The summed E-state index contributed by atoms with van der Waals surface area (Å²) in [5.41, 5.74) is 0.0967. The zero-order valence-electron chi connectivity index (χ0n) is 10.1. The van der Waals surface area contributed by atoms with Gasteiger partial charge in [0.05, 0.1) is 4.90 Å². The van der Waals surface area contributed by atoms with Crippen LogP contribution < -0.4 is 4.72 Å². The summed E-state index contributed by atoms with van der Waals surface area (Å²) in [6.07, 6.45) is 1.72. The highest BCUT2D eigenvalue weighted by Gasteiger charge is 2.41. The van der Waals surface area contributed by atoms with Gasteiger partial charge in [0, 0.05) is 11.1 Å². The molecule has 0 bridgehead atoms. The molecule has 0 spiro atoms. The van der Waals surface area contributed by atoms with Crippen molar-refractivity contribution < 1.29 is 13.5 Å². The Morgan fingerprint density at radius 1 is 1.39 bits per heavy atom. The maximum absolute atomic E-state index is 12.2. The minimum atomic E-state index is -3.55. The van der Waals surface area contributed by atoms with Gasteiger partial charge in [-0.2, -0.15) is 0 Å². The Morgan fingerprint density at radius 2 is 2.06 bits per heavy atom. The Labute approximate surface area is 107 Å². The van der Waals surface area contributed by atoms with E-state index in [0.29, 0.717) is 5.56 Å². The molecule has 1 saturated carbocycles. The van der Waals surface area contributed by atoms with E-state index < -0.39 is 10.0 Å². The van der Waals surface area contributed by atoms with Crippen molar-refractivity contribution in [3.63, 3.8) is 0 Å². The van der Waals surface area contributed by atoms with Crippen molar-refractivity contribution in [2.45, 2.75) is 30.2 Å². The van der Waals surface area contributed by atoms with Crippen LogP contribution in [0.1, 0.15) is 25.3 Å². The molecular weight excluding hydrogens is 250 g/mol. The van der Waals surface area contributed by atoms with Gasteiger partial charge in [0.15, 0.2) is 0 Å². The normalized spacial score (nSPS) is 16.8. The average Bonchev–Trinajstić information content (AvgIpc) is 3.03. The fourth-order valence-corrected chi connectivity index (χ4v) is 3.24. The Bertz CT molecular complexity index is 607. The largest absolute Gasteiger partial charge is 0.384 e. The van der Waals surface area contributed by atoms with Gasteiger partial charge < -0.3 is 5.11 Å². The first kappa shape index (κ1) is 13.1. The fraction of sp³-hybridized carbons (Fsp3) is 0.385. The summed E-state index contributed by atoms with van der Waals surface area (Å²) in [5, 5.41) is 8.68. The zero-order chi connectivity index (χ0) is 13.2. The molecule has 0 heterocycles. The minimum Gasteiger partial charge on any atom is -0.384 e. The molecule has 4 nitrogen and oxygen atoms in total. The first-order valence-electron chi connectivity index (χ1n) is 5.70. The SMILES string of the molecule is CC1(NS(=O)(=O)c2ccccc2C#CCO)CC1. The summed E-state index contributed by atoms with van der Waals surface area (Å²) in [6.45, 7) is 1.59. The molecule has 1 fully saturated rings. The number of nitrogens with one attached hydrogen (secondary N) is 1. The van der Waals surface area contributed by atoms with Crippen LogP contribution >= 0.6 is 0 Å². The molecule has 0 aromatic heterocycles. The topological polar surface area (TPSA) is 66.4 Å². The molecule has 0 aliphatic heterocycles. The van der Waals surface area contributed by atoms with Crippen LogP contribution in [-0.4, -0.2) is 25.7 Å². The highest BCUT2D eigenvalue weighted by molar-refractivity contribution is 7.89. The second kappa shape index (κ2) is 4.73. The molecule has 1 aliphatic rings. The summed E-state index contributed by atoms with van der Waals surface area (Å²) in [5.74, 6) is 5.12. The van der Waals surface area contributed by atoms with Crippen molar-refractivity contribution in [1.29, 1.82) is 0 Å². The second-order valence-electron chi connectivity index (χ2n) is 4.62. The van der Waals surface area contributed by atoms with Crippen molar-refractivity contribution in [3.8, 4) is 11.8 Å². The first-order valence-corrected chi connectivity index (χ1v) is 7.18. The van der Waals surface area contributed by atoms with E-state index in [4.69, 9.17) is 5.11 Å². The summed E-state index contributed by atoms with van der Waals surface area (Å²) >= 11 is 0. The van der Waals surface area contributed by atoms with Crippen molar-refractivity contribution in [3.05, 3.63) is 29.8 Å². The van der Waals surface area contributed by atoms with Gasteiger partial charge in [0.2, 0.25) is 10.0 Å². The summed E-state index contributed by atoms with van der Waals surface area (Å²) < 4.78 is 27.1. The molecule has 5 heteroatoms. The molecule has 2 rings (SSSR count). The molecule has 0 radical (unpaired) electrons. The summed E-state index contributed by atoms with van der Waals surface area (Å²) in [7, 11) is -3.55. The fourth-order valence-electron chi connectivity index (χ4n) is 1.61. The van der Waals surface area contributed by atoms with E-state index in [9.17, 15) is 8.42 Å². The number of aliphatic hydroxyl groups excluding tert-OH is 1. The van der Waals surface area contributed by atoms with E-state index >= 15 is 0 Å². The van der Waals surface area contributed by atoms with E-state index in [1.54, 1.807) is 18.2 Å². The van der Waals surface area contributed by atoms with Gasteiger partial charge in [0.25, 0.3) is 0 Å². The molecule has 1 aliphatic carbocycles. The number of rotatable bonds is 3. The van der Waals surface area contributed by atoms with Crippen molar-refractivity contribution in [2.75, 3.05) is 6.61 Å². The van der Waals surface area contributed by atoms with Crippen LogP contribution in [0.4, 0.5) is 0 Å². The lowest BCUT2D eigenvalue weighted by Crippen LogP contribution is -2.34. The zero-order valence-corrected chi connectivity index (χ0v) is 10.9. The van der Waals surface area contributed by atoms with E-state index in [2.05, 4.69) is 16.6 Å². The van der Waals surface area contributed by atoms with Crippen LogP contribution in [0.3, 0.4) is 0 Å². The maximum atomic E-state index is 12.2. The summed E-state index contributed by atoms with van der Waals surface area (Å²) in [4.78, 5) is 0.166.